The molecular formula is C24H16N2O. The van der Waals surface area contributed by atoms with E-state index in [-0.39, 0.29) is 5.56 Å². The summed E-state index contributed by atoms with van der Waals surface area (Å²) < 4.78 is 1.70. The van der Waals surface area contributed by atoms with Crippen molar-refractivity contribution >= 4 is 21.5 Å². The first-order chi connectivity index (χ1) is 13.3. The van der Waals surface area contributed by atoms with Crippen LogP contribution in [0.25, 0.3) is 38.6 Å². The Labute approximate surface area is 156 Å². The van der Waals surface area contributed by atoms with E-state index in [9.17, 15) is 4.79 Å². The van der Waals surface area contributed by atoms with Crippen molar-refractivity contribution in [1.29, 1.82) is 0 Å². The topological polar surface area (TPSA) is 34.9 Å². The summed E-state index contributed by atoms with van der Waals surface area (Å²) >= 11 is 0. The number of fused-ring (bicyclic) bond motifs is 2. The Bertz CT molecular complexity index is 1340. The van der Waals surface area contributed by atoms with Crippen LogP contribution < -0.4 is 5.56 Å². The third-order valence-corrected chi connectivity index (χ3v) is 4.85. The molecule has 0 aliphatic heterocycles. The van der Waals surface area contributed by atoms with E-state index in [4.69, 9.17) is 0 Å². The lowest BCUT2D eigenvalue weighted by Gasteiger charge is -2.14. The van der Waals surface area contributed by atoms with Gasteiger partial charge in [-0.25, -0.2) is 4.98 Å². The molecule has 2 heterocycles. The Morgan fingerprint density at radius 3 is 2.22 bits per heavy atom. The van der Waals surface area contributed by atoms with Crippen LogP contribution in [0.1, 0.15) is 0 Å². The molecule has 0 fully saturated rings. The molecule has 0 spiro atoms. The number of pyridine rings is 2. The van der Waals surface area contributed by atoms with Crippen LogP contribution in [0.4, 0.5) is 0 Å². The highest BCUT2D eigenvalue weighted by Crippen LogP contribution is 2.27. The fraction of sp³-hybridized carbons (Fsp3) is 0. The molecule has 3 nitrogen and oxygen atoms in total. The Morgan fingerprint density at radius 2 is 1.41 bits per heavy atom. The van der Waals surface area contributed by atoms with E-state index in [1.807, 2.05) is 54.6 Å². The third kappa shape index (κ3) is 2.61. The lowest BCUT2D eigenvalue weighted by Crippen LogP contribution is -2.21. The second kappa shape index (κ2) is 6.22. The van der Waals surface area contributed by atoms with Crippen LogP contribution in [-0.4, -0.2) is 9.55 Å². The molecule has 3 heteroatoms. The molecule has 5 rings (SSSR count). The maximum absolute atomic E-state index is 13.3. The molecule has 0 aliphatic carbocycles. The maximum Gasteiger partial charge on any atom is 0.264 e. The molecule has 0 N–H and O–H groups in total. The molecule has 27 heavy (non-hydrogen) atoms. The van der Waals surface area contributed by atoms with Crippen LogP contribution >= 0.6 is 0 Å². The molecule has 0 aliphatic rings. The molecular weight excluding hydrogens is 332 g/mol. The molecule has 0 bridgehead atoms. The van der Waals surface area contributed by atoms with Gasteiger partial charge in [-0.05, 0) is 52.1 Å². The van der Waals surface area contributed by atoms with Crippen molar-refractivity contribution in [3.05, 3.63) is 108 Å². The second-order valence-electron chi connectivity index (χ2n) is 6.51. The Hall–Kier alpha value is -3.72. The second-order valence-corrected chi connectivity index (χ2v) is 6.51. The zero-order chi connectivity index (χ0) is 18.2. The average Bonchev–Trinajstić information content (AvgIpc) is 2.74. The molecule has 128 valence electrons. The zero-order valence-corrected chi connectivity index (χ0v) is 14.5. The summed E-state index contributed by atoms with van der Waals surface area (Å²) in [5.74, 6) is 0.622. The normalized spacial score (nSPS) is 11.1. The summed E-state index contributed by atoms with van der Waals surface area (Å²) in [7, 11) is 0. The van der Waals surface area contributed by atoms with E-state index >= 15 is 0 Å². The van der Waals surface area contributed by atoms with Gasteiger partial charge in [0.15, 0.2) is 0 Å². The molecule has 3 aromatic carbocycles. The van der Waals surface area contributed by atoms with Gasteiger partial charge in [-0.3, -0.25) is 9.36 Å². The van der Waals surface area contributed by atoms with Crippen LogP contribution in [0.2, 0.25) is 0 Å². The van der Waals surface area contributed by atoms with Gasteiger partial charge in [0.05, 0.1) is 5.69 Å². The molecule has 0 unspecified atom stereocenters. The standard InChI is InChI=1S/C24H16N2O/c27-24-21-10-4-3-9-19(21)16-22(26(24)23-11-5-6-14-25-23)20-13-12-17-7-1-2-8-18(17)15-20/h1-16H. The van der Waals surface area contributed by atoms with Crippen molar-refractivity contribution in [2.75, 3.05) is 0 Å². The predicted molar refractivity (Wildman–Crippen MR) is 110 cm³/mol. The predicted octanol–water partition coefficient (Wildman–Crippen LogP) is 5.21. The van der Waals surface area contributed by atoms with E-state index in [1.165, 1.54) is 5.39 Å². The minimum Gasteiger partial charge on any atom is -0.268 e. The van der Waals surface area contributed by atoms with Crippen LogP contribution in [0.3, 0.4) is 0 Å². The summed E-state index contributed by atoms with van der Waals surface area (Å²) in [6, 6.07) is 29.9. The van der Waals surface area contributed by atoms with Crippen LogP contribution in [0.15, 0.2) is 102 Å². The fourth-order valence-electron chi connectivity index (χ4n) is 3.53. The highest BCUT2D eigenvalue weighted by molar-refractivity contribution is 5.90. The van der Waals surface area contributed by atoms with E-state index in [0.717, 1.165) is 22.0 Å². The van der Waals surface area contributed by atoms with Gasteiger partial charge in [0.2, 0.25) is 0 Å². The van der Waals surface area contributed by atoms with E-state index in [2.05, 4.69) is 41.4 Å². The van der Waals surface area contributed by atoms with E-state index in [0.29, 0.717) is 11.2 Å². The summed E-state index contributed by atoms with van der Waals surface area (Å²) in [4.78, 5) is 17.7. The molecule has 0 atom stereocenters. The van der Waals surface area contributed by atoms with Gasteiger partial charge in [0.25, 0.3) is 5.56 Å². The highest BCUT2D eigenvalue weighted by Gasteiger charge is 2.13. The third-order valence-electron chi connectivity index (χ3n) is 4.85. The first-order valence-corrected chi connectivity index (χ1v) is 8.87. The molecule has 0 saturated heterocycles. The maximum atomic E-state index is 13.3. The first kappa shape index (κ1) is 15.5. The summed E-state index contributed by atoms with van der Waals surface area (Å²) in [6.07, 6.45) is 1.71. The lowest BCUT2D eigenvalue weighted by atomic mass is 10.0. The van der Waals surface area contributed by atoms with E-state index < -0.39 is 0 Å². The van der Waals surface area contributed by atoms with Crippen LogP contribution in [0.5, 0.6) is 0 Å². The number of hydrogen-bond acceptors (Lipinski definition) is 2. The minimum absolute atomic E-state index is 0.0602. The number of benzene rings is 3. The zero-order valence-electron chi connectivity index (χ0n) is 14.5. The number of nitrogens with zero attached hydrogens (tertiary/aromatic N) is 2. The largest absolute Gasteiger partial charge is 0.268 e. The molecule has 0 radical (unpaired) electrons. The number of hydrogen-bond donors (Lipinski definition) is 0. The van der Waals surface area contributed by atoms with Crippen molar-refractivity contribution in [3.63, 3.8) is 0 Å². The average molecular weight is 348 g/mol. The van der Waals surface area contributed by atoms with Gasteiger partial charge in [0.1, 0.15) is 5.82 Å². The summed E-state index contributed by atoms with van der Waals surface area (Å²) in [5.41, 5.74) is 1.76. The van der Waals surface area contributed by atoms with Crippen molar-refractivity contribution in [2.24, 2.45) is 0 Å². The van der Waals surface area contributed by atoms with Crippen molar-refractivity contribution in [2.45, 2.75) is 0 Å². The highest BCUT2D eigenvalue weighted by atomic mass is 16.1. The lowest BCUT2D eigenvalue weighted by molar-refractivity contribution is 0.963. The molecule has 5 aromatic rings. The minimum atomic E-state index is -0.0602. The fourth-order valence-corrected chi connectivity index (χ4v) is 3.53. The SMILES string of the molecule is O=c1c2ccccc2cc(-c2ccc3ccccc3c2)n1-c1ccccn1. The molecule has 2 aromatic heterocycles. The monoisotopic (exact) mass is 348 g/mol. The Kier molecular flexibility index (Phi) is 3.58. The summed E-state index contributed by atoms with van der Waals surface area (Å²) in [5, 5.41) is 3.93. The summed E-state index contributed by atoms with van der Waals surface area (Å²) in [6.45, 7) is 0. The van der Waals surface area contributed by atoms with Crippen molar-refractivity contribution in [1.82, 2.24) is 9.55 Å². The van der Waals surface area contributed by atoms with Crippen molar-refractivity contribution in [3.8, 4) is 17.1 Å². The van der Waals surface area contributed by atoms with Gasteiger partial charge in [0, 0.05) is 11.6 Å². The van der Waals surface area contributed by atoms with Crippen LogP contribution in [-0.2, 0) is 0 Å². The Balaban J connectivity index is 1.88. The van der Waals surface area contributed by atoms with Gasteiger partial charge in [-0.15, -0.1) is 0 Å². The van der Waals surface area contributed by atoms with Gasteiger partial charge in [-0.1, -0.05) is 60.7 Å². The molecule has 0 amide bonds. The van der Waals surface area contributed by atoms with Gasteiger partial charge in [-0.2, -0.15) is 0 Å². The quantitative estimate of drug-likeness (QED) is 0.439. The smallest absolute Gasteiger partial charge is 0.264 e. The van der Waals surface area contributed by atoms with Crippen molar-refractivity contribution < 1.29 is 0 Å². The first-order valence-electron chi connectivity index (χ1n) is 8.87. The molecule has 0 saturated carbocycles. The number of rotatable bonds is 2. The Morgan fingerprint density at radius 1 is 0.667 bits per heavy atom. The number of aromatic nitrogens is 2. The van der Waals surface area contributed by atoms with Gasteiger partial charge < -0.3 is 0 Å². The van der Waals surface area contributed by atoms with E-state index in [1.54, 1.807) is 10.8 Å². The van der Waals surface area contributed by atoms with Gasteiger partial charge >= 0.3 is 0 Å². The van der Waals surface area contributed by atoms with Crippen LogP contribution in [0, 0.1) is 0 Å².